The molecule has 0 saturated carbocycles. The largest absolute Gasteiger partial charge is 0.469 e. The number of halogens is 5. The molecule has 1 amide bonds. The van der Waals surface area contributed by atoms with Crippen molar-refractivity contribution in [3.63, 3.8) is 0 Å². The van der Waals surface area contributed by atoms with Crippen LogP contribution in [0, 0.1) is 11.7 Å². The van der Waals surface area contributed by atoms with E-state index in [-0.39, 0.29) is 32.6 Å². The summed E-state index contributed by atoms with van der Waals surface area (Å²) in [5.41, 5.74) is 0.570. The molecule has 3 atom stereocenters. The van der Waals surface area contributed by atoms with Crippen molar-refractivity contribution in [2.75, 3.05) is 7.11 Å². The second-order valence-corrected chi connectivity index (χ2v) is 8.43. The van der Waals surface area contributed by atoms with Crippen LogP contribution in [0.5, 0.6) is 0 Å². The fraction of sp³-hybridized carbons (Fsp3) is 0.238. The first kappa shape index (κ1) is 22.9. The Labute approximate surface area is 192 Å². The van der Waals surface area contributed by atoms with Crippen molar-refractivity contribution < 1.29 is 18.7 Å². The minimum atomic E-state index is -0.746. The number of allylic oxidation sites excluding steroid dienone is 1. The van der Waals surface area contributed by atoms with Crippen LogP contribution in [0.2, 0.25) is 20.1 Å². The van der Waals surface area contributed by atoms with E-state index in [0.29, 0.717) is 17.0 Å². The lowest BCUT2D eigenvalue weighted by Gasteiger charge is -2.23. The number of carbonyl (C=O) groups is 2. The van der Waals surface area contributed by atoms with Gasteiger partial charge in [-0.1, -0.05) is 64.6 Å². The van der Waals surface area contributed by atoms with Gasteiger partial charge in [0, 0.05) is 16.1 Å². The van der Waals surface area contributed by atoms with Crippen molar-refractivity contribution in [2.45, 2.75) is 18.4 Å². The monoisotopic (exact) mass is 489 g/mol. The average Bonchev–Trinajstić information content (AvgIpc) is 3.10. The van der Waals surface area contributed by atoms with Crippen LogP contribution in [0.15, 0.2) is 42.5 Å². The number of benzene rings is 2. The van der Waals surface area contributed by atoms with Gasteiger partial charge < -0.3 is 10.1 Å². The van der Waals surface area contributed by atoms with Crippen molar-refractivity contribution in [3.05, 3.63) is 79.5 Å². The van der Waals surface area contributed by atoms with E-state index in [1.54, 1.807) is 12.2 Å². The fourth-order valence-electron chi connectivity index (χ4n) is 3.49. The fourth-order valence-corrected chi connectivity index (χ4v) is 4.77. The molecule has 0 radical (unpaired) electrons. The Kier molecular flexibility index (Phi) is 7.30. The Bertz CT molecular complexity index is 1000. The molecule has 9 heteroatoms. The molecular weight excluding hydrogens is 475 g/mol. The molecule has 1 aliphatic rings. The lowest BCUT2D eigenvalue weighted by Crippen LogP contribution is -2.34. The zero-order chi connectivity index (χ0) is 22.0. The summed E-state index contributed by atoms with van der Waals surface area (Å²) in [7, 11) is 1.27. The van der Waals surface area contributed by atoms with Gasteiger partial charge in [-0.15, -0.1) is 0 Å². The van der Waals surface area contributed by atoms with Gasteiger partial charge in [0.25, 0.3) is 5.91 Å². The zero-order valence-electron chi connectivity index (χ0n) is 15.6. The number of hydrogen-bond acceptors (Lipinski definition) is 3. The summed E-state index contributed by atoms with van der Waals surface area (Å²) in [5.74, 6) is -2.54. The van der Waals surface area contributed by atoms with Crippen molar-refractivity contribution in [1.29, 1.82) is 0 Å². The number of esters is 1. The predicted octanol–water partition coefficient (Wildman–Crippen LogP) is 6.07. The summed E-state index contributed by atoms with van der Waals surface area (Å²) in [5, 5.41) is 3.55. The highest BCUT2D eigenvalue weighted by molar-refractivity contribution is 6.42. The van der Waals surface area contributed by atoms with Gasteiger partial charge in [-0.2, -0.15) is 0 Å². The van der Waals surface area contributed by atoms with Crippen LogP contribution in [0.1, 0.15) is 28.3 Å². The second-order valence-electron chi connectivity index (χ2n) is 6.78. The summed E-state index contributed by atoms with van der Waals surface area (Å²) in [6.45, 7) is 0. The maximum Gasteiger partial charge on any atom is 0.313 e. The van der Waals surface area contributed by atoms with Gasteiger partial charge in [-0.05, 0) is 42.2 Å². The maximum atomic E-state index is 13.4. The third kappa shape index (κ3) is 4.92. The third-order valence-corrected chi connectivity index (χ3v) is 5.99. The van der Waals surface area contributed by atoms with E-state index in [4.69, 9.17) is 51.1 Å². The normalized spacial score (nSPS) is 18.9. The van der Waals surface area contributed by atoms with Crippen LogP contribution in [-0.4, -0.2) is 25.0 Å². The Hall–Kier alpha value is -1.79. The molecule has 0 heterocycles. The summed E-state index contributed by atoms with van der Waals surface area (Å²) in [6, 6.07) is 6.33. The molecule has 2 aromatic rings. The number of carbonyl (C=O) groups excluding carboxylic acids is 2. The molecule has 3 rings (SSSR count). The number of amides is 1. The highest BCUT2D eigenvalue weighted by Crippen LogP contribution is 2.38. The van der Waals surface area contributed by atoms with Gasteiger partial charge in [-0.25, -0.2) is 4.39 Å². The molecule has 1 aliphatic carbocycles. The Morgan fingerprint density at radius 3 is 2.33 bits per heavy atom. The van der Waals surface area contributed by atoms with Crippen molar-refractivity contribution in [1.82, 2.24) is 5.32 Å². The van der Waals surface area contributed by atoms with Crippen LogP contribution >= 0.6 is 46.4 Å². The summed E-state index contributed by atoms with van der Waals surface area (Å²) in [6.07, 6.45) is 3.98. The molecule has 4 nitrogen and oxygen atoms in total. The zero-order valence-corrected chi connectivity index (χ0v) is 18.6. The van der Waals surface area contributed by atoms with Gasteiger partial charge in [0.05, 0.1) is 28.6 Å². The second kappa shape index (κ2) is 9.56. The molecule has 0 aliphatic heterocycles. The first-order valence-electron chi connectivity index (χ1n) is 8.87. The quantitative estimate of drug-likeness (QED) is 0.408. The van der Waals surface area contributed by atoms with E-state index in [2.05, 4.69) is 5.32 Å². The highest BCUT2D eigenvalue weighted by atomic mass is 35.5. The number of methoxy groups -OCH3 is 1. The molecule has 158 valence electrons. The SMILES string of the molecule is COC(=O)[C@H](c1ccc(F)cc1Cl)[C@H]1C=C[C@@H](NC(=O)c2c(Cl)cc(Cl)cc2Cl)C1. The molecule has 0 aromatic heterocycles. The third-order valence-electron chi connectivity index (χ3n) is 4.85. The lowest BCUT2D eigenvalue weighted by molar-refractivity contribution is -0.143. The van der Waals surface area contributed by atoms with Crippen molar-refractivity contribution >= 4 is 58.3 Å². The highest BCUT2D eigenvalue weighted by Gasteiger charge is 2.35. The number of nitrogens with one attached hydrogen (secondary N) is 1. The Morgan fingerprint density at radius 2 is 1.73 bits per heavy atom. The van der Waals surface area contributed by atoms with E-state index in [1.165, 1.54) is 31.4 Å². The van der Waals surface area contributed by atoms with E-state index >= 15 is 0 Å². The molecule has 1 N–H and O–H groups in total. The van der Waals surface area contributed by atoms with Gasteiger partial charge in [0.2, 0.25) is 0 Å². The molecule has 2 aromatic carbocycles. The van der Waals surface area contributed by atoms with Crippen LogP contribution in [-0.2, 0) is 9.53 Å². The molecule has 0 bridgehead atoms. The molecule has 0 fully saturated rings. The van der Waals surface area contributed by atoms with Crippen molar-refractivity contribution in [2.24, 2.45) is 5.92 Å². The van der Waals surface area contributed by atoms with E-state index < -0.39 is 23.6 Å². The number of ether oxygens (including phenoxy) is 1. The Balaban J connectivity index is 1.78. The standard InChI is InChI=1S/C21H16Cl4FNO3/c1-30-21(29)18(14-5-3-12(26)9-15(14)23)10-2-4-13(6-10)27-20(28)19-16(24)7-11(22)8-17(19)25/h2-5,7-10,13,18H,6H2,1H3,(H,27,28)/t10-,13+,18-/m0/s1. The van der Waals surface area contributed by atoms with Crippen LogP contribution in [0.4, 0.5) is 4.39 Å². The summed E-state index contributed by atoms with van der Waals surface area (Å²) < 4.78 is 18.4. The average molecular weight is 491 g/mol. The van der Waals surface area contributed by atoms with Gasteiger partial charge in [0.15, 0.2) is 0 Å². The smallest absolute Gasteiger partial charge is 0.313 e. The molecular formula is C21H16Cl4FNO3. The molecule has 0 saturated heterocycles. The van der Waals surface area contributed by atoms with E-state index in [0.717, 1.165) is 6.07 Å². The maximum absolute atomic E-state index is 13.4. The Morgan fingerprint density at radius 1 is 1.07 bits per heavy atom. The van der Waals surface area contributed by atoms with Crippen LogP contribution in [0.25, 0.3) is 0 Å². The number of hydrogen-bond donors (Lipinski definition) is 1. The topological polar surface area (TPSA) is 55.4 Å². The first-order chi connectivity index (χ1) is 14.2. The molecule has 0 spiro atoms. The summed E-state index contributed by atoms with van der Waals surface area (Å²) in [4.78, 5) is 25.1. The number of rotatable bonds is 5. The van der Waals surface area contributed by atoms with Gasteiger partial charge in [-0.3, -0.25) is 9.59 Å². The minimum Gasteiger partial charge on any atom is -0.469 e. The van der Waals surface area contributed by atoms with Gasteiger partial charge in [0.1, 0.15) is 5.82 Å². The molecule has 0 unspecified atom stereocenters. The first-order valence-corrected chi connectivity index (χ1v) is 10.4. The van der Waals surface area contributed by atoms with Crippen LogP contribution < -0.4 is 5.32 Å². The summed E-state index contributed by atoms with van der Waals surface area (Å²) >= 11 is 24.3. The van der Waals surface area contributed by atoms with E-state index in [9.17, 15) is 14.0 Å². The van der Waals surface area contributed by atoms with E-state index in [1.807, 2.05) is 0 Å². The predicted molar refractivity (Wildman–Crippen MR) is 116 cm³/mol. The van der Waals surface area contributed by atoms with Crippen molar-refractivity contribution in [3.8, 4) is 0 Å². The minimum absolute atomic E-state index is 0.116. The van der Waals surface area contributed by atoms with Gasteiger partial charge >= 0.3 is 5.97 Å². The van der Waals surface area contributed by atoms with Crippen LogP contribution in [0.3, 0.4) is 0 Å². The molecule has 30 heavy (non-hydrogen) atoms. The lowest BCUT2D eigenvalue weighted by atomic mass is 9.85.